The number of benzene rings is 1. The topological polar surface area (TPSA) is 36.9 Å². The molecule has 2 fully saturated rings. The summed E-state index contributed by atoms with van der Waals surface area (Å²) in [6.45, 7) is 16.6. The Morgan fingerprint density at radius 3 is 1.74 bits per heavy atom. The molecule has 1 aromatic rings. The Kier molecular flexibility index (Phi) is 5.45. The molecular weight excluding hydrogens is 386 g/mol. The van der Waals surface area contributed by atoms with Gasteiger partial charge in [0.2, 0.25) is 0 Å². The maximum atomic E-state index is 6.12. The summed E-state index contributed by atoms with van der Waals surface area (Å²) >= 11 is 0. The van der Waals surface area contributed by atoms with Crippen LogP contribution in [0.1, 0.15) is 72.4 Å². The lowest BCUT2D eigenvalue weighted by atomic mass is 9.87. The van der Waals surface area contributed by atoms with E-state index >= 15 is 0 Å². The average molecular weight is 420 g/mol. The van der Waals surface area contributed by atoms with Gasteiger partial charge in [-0.25, -0.2) is 0 Å². The number of allylic oxidation sites excluding steroid dienone is 4. The smallest absolute Gasteiger partial charge is 0.400 e. The van der Waals surface area contributed by atoms with Gasteiger partial charge in [0, 0.05) is 5.92 Å². The fraction of sp³-hybridized carbons (Fsp3) is 0.520. The van der Waals surface area contributed by atoms with Gasteiger partial charge < -0.3 is 18.6 Å². The summed E-state index contributed by atoms with van der Waals surface area (Å²) in [6.07, 6.45) is 6.56. The molecule has 31 heavy (non-hydrogen) atoms. The maximum Gasteiger partial charge on any atom is 0.487 e. The Morgan fingerprint density at radius 2 is 1.19 bits per heavy atom. The van der Waals surface area contributed by atoms with Gasteiger partial charge in [0.1, 0.15) is 0 Å². The highest BCUT2D eigenvalue weighted by molar-refractivity contribution is 6.52. The van der Waals surface area contributed by atoms with Crippen LogP contribution in [0.2, 0.25) is 0 Å². The minimum atomic E-state index is -0.350. The predicted molar refractivity (Wildman–Crippen MR) is 128 cm³/mol. The second-order valence-corrected chi connectivity index (χ2v) is 10.7. The predicted octanol–water partition coefficient (Wildman–Crippen LogP) is 5.54. The summed E-state index contributed by atoms with van der Waals surface area (Å²) in [6, 6.07) is 8.51. The van der Waals surface area contributed by atoms with Gasteiger partial charge in [0.05, 0.1) is 22.4 Å². The van der Waals surface area contributed by atoms with E-state index in [1.807, 2.05) is 12.0 Å². The summed E-state index contributed by atoms with van der Waals surface area (Å²) in [5.41, 5.74) is 2.36. The lowest BCUT2D eigenvalue weighted by Crippen LogP contribution is -2.41. The minimum absolute atomic E-state index is 0.174. The second kappa shape index (κ2) is 7.48. The highest BCUT2D eigenvalue weighted by atomic mass is 16.7. The van der Waals surface area contributed by atoms with E-state index in [4.69, 9.17) is 18.6 Å². The van der Waals surface area contributed by atoms with Gasteiger partial charge in [0.15, 0.2) is 0 Å². The molecule has 0 amide bonds. The molecule has 0 saturated carbocycles. The van der Waals surface area contributed by atoms with Crippen LogP contribution in [0.3, 0.4) is 0 Å². The Morgan fingerprint density at radius 1 is 0.710 bits per heavy atom. The molecule has 0 aromatic heterocycles. The Labute approximate surface area is 188 Å². The molecule has 0 N–H and O–H groups in total. The first kappa shape index (κ1) is 22.6. The van der Waals surface area contributed by atoms with Crippen LogP contribution in [-0.2, 0) is 18.6 Å². The molecule has 4 rings (SSSR count). The van der Waals surface area contributed by atoms with Crippen molar-refractivity contribution in [3.05, 3.63) is 65.6 Å². The van der Waals surface area contributed by atoms with E-state index in [0.29, 0.717) is 0 Å². The molecule has 1 aromatic carbocycles. The Hall–Kier alpha value is -1.59. The molecule has 4 nitrogen and oxygen atoms in total. The summed E-state index contributed by atoms with van der Waals surface area (Å²) in [7, 11) is -0.688. The van der Waals surface area contributed by atoms with Crippen molar-refractivity contribution in [3.8, 4) is 0 Å². The summed E-state index contributed by atoms with van der Waals surface area (Å²) in [5.74, 6) is 4.22. The van der Waals surface area contributed by atoms with E-state index in [1.165, 1.54) is 16.7 Å². The fourth-order valence-electron chi connectivity index (χ4n) is 4.06. The van der Waals surface area contributed by atoms with Gasteiger partial charge in [-0.3, -0.25) is 0 Å². The molecule has 164 valence electrons. The first-order chi connectivity index (χ1) is 14.3. The fourth-order valence-corrected chi connectivity index (χ4v) is 4.06. The van der Waals surface area contributed by atoms with Crippen LogP contribution >= 0.6 is 0 Å². The molecule has 0 bridgehead atoms. The second-order valence-electron chi connectivity index (χ2n) is 10.7. The summed E-state index contributed by atoms with van der Waals surface area (Å²) in [4.78, 5) is 0. The van der Waals surface area contributed by atoms with E-state index < -0.39 is 0 Å². The molecule has 3 aliphatic rings. The third kappa shape index (κ3) is 4.11. The van der Waals surface area contributed by atoms with Gasteiger partial charge in [-0.2, -0.15) is 0 Å². The van der Waals surface area contributed by atoms with Crippen LogP contribution in [0.5, 0.6) is 0 Å². The van der Waals surface area contributed by atoms with Gasteiger partial charge in [0.25, 0.3) is 0 Å². The zero-order valence-electron chi connectivity index (χ0n) is 20.1. The van der Waals surface area contributed by atoms with Crippen molar-refractivity contribution in [2.24, 2.45) is 0 Å². The molecule has 0 spiro atoms. The number of hydrogen-bond acceptors (Lipinski definition) is 4. The monoisotopic (exact) mass is 420 g/mol. The van der Waals surface area contributed by atoms with E-state index in [2.05, 4.69) is 97.9 Å². The Balaban J connectivity index is 1.52. The van der Waals surface area contributed by atoms with E-state index in [9.17, 15) is 0 Å². The van der Waals surface area contributed by atoms with Crippen molar-refractivity contribution in [3.63, 3.8) is 0 Å². The molecule has 2 aliphatic heterocycles. The average Bonchev–Trinajstić information content (AvgIpc) is 3.18. The van der Waals surface area contributed by atoms with Gasteiger partial charge in [-0.1, -0.05) is 54.4 Å². The highest BCUT2D eigenvalue weighted by Gasteiger charge is 2.51. The minimum Gasteiger partial charge on any atom is -0.400 e. The van der Waals surface area contributed by atoms with Gasteiger partial charge in [-0.05, 0) is 72.1 Å². The Bertz CT molecular complexity index is 911. The first-order valence-corrected chi connectivity index (χ1v) is 11.2. The molecule has 1 atom stereocenters. The van der Waals surface area contributed by atoms with Crippen LogP contribution in [0.4, 0.5) is 0 Å². The van der Waals surface area contributed by atoms with Gasteiger partial charge in [-0.15, -0.1) is 0 Å². The van der Waals surface area contributed by atoms with Crippen LogP contribution in [0.25, 0.3) is 5.57 Å². The van der Waals surface area contributed by atoms with Crippen molar-refractivity contribution in [2.75, 3.05) is 0 Å². The maximum absolute atomic E-state index is 6.12. The largest absolute Gasteiger partial charge is 0.487 e. The lowest BCUT2D eigenvalue weighted by Gasteiger charge is -2.32. The quantitative estimate of drug-likeness (QED) is 0.600. The number of rotatable bonds is 4. The molecule has 0 radical (unpaired) electrons. The normalized spacial score (nSPS) is 28.0. The van der Waals surface area contributed by atoms with Crippen molar-refractivity contribution in [1.29, 1.82) is 0 Å². The van der Waals surface area contributed by atoms with Crippen LogP contribution in [0, 0.1) is 0 Å². The van der Waals surface area contributed by atoms with Crippen LogP contribution < -0.4 is 0 Å². The zero-order valence-corrected chi connectivity index (χ0v) is 20.1. The van der Waals surface area contributed by atoms with Gasteiger partial charge >= 0.3 is 14.2 Å². The van der Waals surface area contributed by atoms with E-state index in [0.717, 1.165) is 0 Å². The molecule has 6 heteroatoms. The summed E-state index contributed by atoms with van der Waals surface area (Å²) < 4.78 is 24.5. The SMILES string of the molecule is CC1(C)OB(/C=C/C2=CC(/C=C/B3OC(C)(C)C(C)(C)O3)c3ccccc32)OC1(C)C. The van der Waals surface area contributed by atoms with Crippen molar-refractivity contribution >= 4 is 19.8 Å². The summed E-state index contributed by atoms with van der Waals surface area (Å²) in [5, 5.41) is 0. The molecule has 2 heterocycles. The molecule has 1 aliphatic carbocycles. The number of hydrogen-bond donors (Lipinski definition) is 0. The van der Waals surface area contributed by atoms with Crippen molar-refractivity contribution in [2.45, 2.75) is 83.7 Å². The third-order valence-corrected chi connectivity index (χ3v) is 7.44. The van der Waals surface area contributed by atoms with E-state index in [1.54, 1.807) is 0 Å². The van der Waals surface area contributed by atoms with Crippen LogP contribution in [0.15, 0.2) is 54.4 Å². The third-order valence-electron chi connectivity index (χ3n) is 7.44. The van der Waals surface area contributed by atoms with Crippen LogP contribution in [-0.4, -0.2) is 36.6 Å². The molecule has 1 unspecified atom stereocenters. The zero-order chi connectivity index (χ0) is 22.7. The van der Waals surface area contributed by atoms with Crippen molar-refractivity contribution < 1.29 is 18.6 Å². The highest BCUT2D eigenvalue weighted by Crippen LogP contribution is 2.41. The molecular formula is C25H34B2O4. The number of fused-ring (bicyclic) bond motifs is 1. The first-order valence-electron chi connectivity index (χ1n) is 11.2. The van der Waals surface area contributed by atoms with E-state index in [-0.39, 0.29) is 42.6 Å². The van der Waals surface area contributed by atoms with Crippen molar-refractivity contribution in [1.82, 2.24) is 0 Å². The standard InChI is InChI=1S/C25H34B2O4/c1-22(2)23(3,4)29-26(28-22)15-13-18-17-19(21-12-10-9-11-20(18)21)14-16-27-30-24(5,6)25(7,8)31-27/h9-18H,1-8H3/b15-13+,16-14+. The molecule has 2 saturated heterocycles. The lowest BCUT2D eigenvalue weighted by molar-refractivity contribution is 0.00578.